The topological polar surface area (TPSA) is 33.2 Å². The van der Waals surface area contributed by atoms with Crippen molar-refractivity contribution in [3.63, 3.8) is 0 Å². The maximum absolute atomic E-state index is 11.1. The molecule has 1 rings (SSSR count). The van der Waals surface area contributed by atoms with Gasteiger partial charge in [0.1, 0.15) is 0 Å². The van der Waals surface area contributed by atoms with Crippen LogP contribution in [0.2, 0.25) is 0 Å². The van der Waals surface area contributed by atoms with E-state index in [0.717, 1.165) is 5.56 Å². The third kappa shape index (κ3) is 2.28. The van der Waals surface area contributed by atoms with Crippen LogP contribution in [0.3, 0.4) is 0 Å². The van der Waals surface area contributed by atoms with Crippen molar-refractivity contribution in [1.82, 2.24) is 9.88 Å². The minimum absolute atomic E-state index is 0.0734. The van der Waals surface area contributed by atoms with Crippen molar-refractivity contribution in [2.24, 2.45) is 0 Å². The second-order valence-corrected chi connectivity index (χ2v) is 3.09. The molecule has 1 aromatic rings. The molecule has 0 N–H and O–H groups in total. The molecule has 1 aromatic heterocycles. The predicted octanol–water partition coefficient (Wildman–Crippen LogP) is 1.62. The van der Waals surface area contributed by atoms with Gasteiger partial charge in [-0.3, -0.25) is 9.78 Å². The van der Waals surface area contributed by atoms with E-state index in [-0.39, 0.29) is 11.9 Å². The van der Waals surface area contributed by atoms with E-state index in [0.29, 0.717) is 0 Å². The minimum atomic E-state index is 0.0734. The lowest BCUT2D eigenvalue weighted by Gasteiger charge is -2.23. The smallest absolute Gasteiger partial charge is 0.219 e. The van der Waals surface area contributed by atoms with Crippen LogP contribution < -0.4 is 0 Å². The van der Waals surface area contributed by atoms with Crippen LogP contribution in [0.4, 0.5) is 0 Å². The van der Waals surface area contributed by atoms with Crippen LogP contribution in [-0.2, 0) is 4.79 Å². The lowest BCUT2D eigenvalue weighted by Crippen LogP contribution is -2.27. The first kappa shape index (κ1) is 9.71. The molecule has 0 aliphatic rings. The summed E-state index contributed by atoms with van der Waals surface area (Å²) in [7, 11) is 1.80. The SMILES string of the molecule is CC(=O)N(C)C(C)c1ccncc1. The van der Waals surface area contributed by atoms with Crippen LogP contribution >= 0.6 is 0 Å². The fourth-order valence-corrected chi connectivity index (χ4v) is 1.14. The predicted molar refractivity (Wildman–Crippen MR) is 51.1 cm³/mol. The number of carbonyl (C=O) groups excluding carboxylic acids is 1. The highest BCUT2D eigenvalue weighted by molar-refractivity contribution is 5.73. The van der Waals surface area contributed by atoms with Crippen molar-refractivity contribution in [1.29, 1.82) is 0 Å². The molecule has 0 aromatic carbocycles. The van der Waals surface area contributed by atoms with Crippen LogP contribution in [0, 0.1) is 0 Å². The summed E-state index contributed by atoms with van der Waals surface area (Å²) in [4.78, 5) is 16.7. The molecule has 0 radical (unpaired) electrons. The van der Waals surface area contributed by atoms with Gasteiger partial charge in [-0.25, -0.2) is 0 Å². The molecule has 1 heterocycles. The summed E-state index contributed by atoms with van der Waals surface area (Å²) in [5, 5.41) is 0. The standard InChI is InChI=1S/C10H14N2O/c1-8(12(3)9(2)13)10-4-6-11-7-5-10/h4-8H,1-3H3. The van der Waals surface area contributed by atoms with Gasteiger partial charge in [0.25, 0.3) is 0 Å². The molecule has 0 aliphatic carbocycles. The molecule has 1 unspecified atom stereocenters. The highest BCUT2D eigenvalue weighted by Crippen LogP contribution is 2.16. The molecule has 1 amide bonds. The van der Waals surface area contributed by atoms with Crippen LogP contribution in [0.1, 0.15) is 25.5 Å². The zero-order valence-electron chi connectivity index (χ0n) is 8.19. The van der Waals surface area contributed by atoms with E-state index in [1.165, 1.54) is 0 Å². The van der Waals surface area contributed by atoms with Gasteiger partial charge in [-0.05, 0) is 24.6 Å². The van der Waals surface area contributed by atoms with Gasteiger partial charge in [-0.15, -0.1) is 0 Å². The van der Waals surface area contributed by atoms with E-state index in [2.05, 4.69) is 4.98 Å². The fraction of sp³-hybridized carbons (Fsp3) is 0.400. The van der Waals surface area contributed by atoms with Crippen LogP contribution in [-0.4, -0.2) is 22.8 Å². The molecule has 70 valence electrons. The second-order valence-electron chi connectivity index (χ2n) is 3.09. The minimum Gasteiger partial charge on any atom is -0.339 e. The zero-order valence-corrected chi connectivity index (χ0v) is 8.19. The average molecular weight is 178 g/mol. The molecule has 1 atom stereocenters. The van der Waals surface area contributed by atoms with Crippen LogP contribution in [0.5, 0.6) is 0 Å². The molecule has 3 nitrogen and oxygen atoms in total. The van der Waals surface area contributed by atoms with Gasteiger partial charge in [-0.1, -0.05) is 0 Å². The largest absolute Gasteiger partial charge is 0.339 e. The Hall–Kier alpha value is -1.38. The quantitative estimate of drug-likeness (QED) is 0.689. The third-order valence-electron chi connectivity index (χ3n) is 2.27. The van der Waals surface area contributed by atoms with Gasteiger partial charge in [0.15, 0.2) is 0 Å². The number of amides is 1. The summed E-state index contributed by atoms with van der Waals surface area (Å²) in [5.74, 6) is 0.0734. The van der Waals surface area contributed by atoms with Gasteiger partial charge in [0.05, 0.1) is 6.04 Å². The lowest BCUT2D eigenvalue weighted by molar-refractivity contribution is -0.129. The van der Waals surface area contributed by atoms with E-state index in [1.807, 2.05) is 19.1 Å². The first-order valence-electron chi connectivity index (χ1n) is 4.26. The van der Waals surface area contributed by atoms with Crippen molar-refractivity contribution in [2.45, 2.75) is 19.9 Å². The number of pyridine rings is 1. The number of aromatic nitrogens is 1. The van der Waals surface area contributed by atoms with Crippen molar-refractivity contribution >= 4 is 5.91 Å². The summed E-state index contributed by atoms with van der Waals surface area (Å²) in [6.45, 7) is 3.56. The first-order valence-corrected chi connectivity index (χ1v) is 4.26. The Bertz CT molecular complexity index is 284. The maximum atomic E-state index is 11.1. The summed E-state index contributed by atoms with van der Waals surface area (Å²) in [6, 6.07) is 3.95. The highest BCUT2D eigenvalue weighted by atomic mass is 16.2. The van der Waals surface area contributed by atoms with Crippen LogP contribution in [0.15, 0.2) is 24.5 Å². The van der Waals surface area contributed by atoms with E-state index in [9.17, 15) is 4.79 Å². The molecule has 13 heavy (non-hydrogen) atoms. The second kappa shape index (κ2) is 4.03. The van der Waals surface area contributed by atoms with Gasteiger partial charge in [0, 0.05) is 26.4 Å². The molecule has 0 aliphatic heterocycles. The fourth-order valence-electron chi connectivity index (χ4n) is 1.14. The Kier molecular flexibility index (Phi) is 3.01. The third-order valence-corrected chi connectivity index (χ3v) is 2.27. The normalized spacial score (nSPS) is 12.2. The lowest BCUT2D eigenvalue weighted by atomic mass is 10.1. The number of rotatable bonds is 2. The molecule has 0 saturated carbocycles. The van der Waals surface area contributed by atoms with Gasteiger partial charge >= 0.3 is 0 Å². The van der Waals surface area contributed by atoms with Crippen molar-refractivity contribution in [3.8, 4) is 0 Å². The van der Waals surface area contributed by atoms with Gasteiger partial charge < -0.3 is 4.90 Å². The Labute approximate surface area is 78.4 Å². The van der Waals surface area contributed by atoms with Crippen molar-refractivity contribution in [2.75, 3.05) is 7.05 Å². The number of hydrogen-bond acceptors (Lipinski definition) is 2. The van der Waals surface area contributed by atoms with E-state index in [1.54, 1.807) is 31.3 Å². The number of hydrogen-bond donors (Lipinski definition) is 0. The molecule has 0 saturated heterocycles. The van der Waals surface area contributed by atoms with E-state index in [4.69, 9.17) is 0 Å². The molecule has 3 heteroatoms. The van der Waals surface area contributed by atoms with Gasteiger partial charge in [0.2, 0.25) is 5.91 Å². The number of nitrogens with zero attached hydrogens (tertiary/aromatic N) is 2. The van der Waals surface area contributed by atoms with E-state index >= 15 is 0 Å². The molecule has 0 bridgehead atoms. The molecular formula is C10H14N2O. The molecule has 0 fully saturated rings. The first-order chi connectivity index (χ1) is 6.13. The Balaban J connectivity index is 2.79. The summed E-state index contributed by atoms with van der Waals surface area (Å²) in [6.07, 6.45) is 3.47. The van der Waals surface area contributed by atoms with Gasteiger partial charge in [-0.2, -0.15) is 0 Å². The number of carbonyl (C=O) groups is 1. The Morgan fingerprint density at radius 1 is 1.46 bits per heavy atom. The van der Waals surface area contributed by atoms with Crippen molar-refractivity contribution in [3.05, 3.63) is 30.1 Å². The Morgan fingerprint density at radius 2 is 2.00 bits per heavy atom. The monoisotopic (exact) mass is 178 g/mol. The summed E-state index contributed by atoms with van der Waals surface area (Å²) < 4.78 is 0. The van der Waals surface area contributed by atoms with E-state index < -0.39 is 0 Å². The van der Waals surface area contributed by atoms with Crippen LogP contribution in [0.25, 0.3) is 0 Å². The highest BCUT2D eigenvalue weighted by Gasteiger charge is 2.12. The molecule has 0 spiro atoms. The summed E-state index contributed by atoms with van der Waals surface area (Å²) in [5.41, 5.74) is 1.10. The average Bonchev–Trinajstić information content (AvgIpc) is 2.17. The summed E-state index contributed by atoms with van der Waals surface area (Å²) >= 11 is 0. The maximum Gasteiger partial charge on any atom is 0.219 e. The Morgan fingerprint density at radius 3 is 2.46 bits per heavy atom. The van der Waals surface area contributed by atoms with Crippen molar-refractivity contribution < 1.29 is 4.79 Å². The molecular weight excluding hydrogens is 164 g/mol. The zero-order chi connectivity index (χ0) is 9.84.